The first-order valence-electron chi connectivity index (χ1n) is 9.36. The predicted molar refractivity (Wildman–Crippen MR) is 126 cm³/mol. The van der Waals surface area contributed by atoms with Crippen molar-refractivity contribution in [3.05, 3.63) is 81.4 Å². The number of phenolic OH excluding ortho intramolecular Hbond substituents is 1. The molecule has 3 aromatic rings. The molecule has 0 radical (unpaired) electrons. The molecule has 172 valence electrons. The Balaban J connectivity index is 1.92. The maximum atomic E-state index is 12.8. The quantitative estimate of drug-likeness (QED) is 0.238. The Morgan fingerprint density at radius 3 is 2.55 bits per heavy atom. The summed E-state index contributed by atoms with van der Waals surface area (Å²) in [6.45, 7) is 1.57. The van der Waals surface area contributed by atoms with E-state index in [1.807, 2.05) is 0 Å². The molecule has 0 aliphatic rings. The van der Waals surface area contributed by atoms with Gasteiger partial charge in [-0.3, -0.25) is 20.3 Å². The zero-order valence-electron chi connectivity index (χ0n) is 17.4. The third-order valence-corrected chi connectivity index (χ3v) is 6.12. The van der Waals surface area contributed by atoms with E-state index < -0.39 is 20.6 Å². The highest BCUT2D eigenvalue weighted by Gasteiger charge is 2.22. The zero-order valence-corrected chi connectivity index (χ0v) is 19.0. The minimum atomic E-state index is -4.15. The number of nitrogens with zero attached hydrogens (tertiary/aromatic N) is 2. The summed E-state index contributed by atoms with van der Waals surface area (Å²) in [5.74, 6) is 0.226. The molecule has 3 aromatic carbocycles. The first-order chi connectivity index (χ1) is 15.6. The van der Waals surface area contributed by atoms with Gasteiger partial charge in [-0.1, -0.05) is 23.7 Å². The van der Waals surface area contributed by atoms with E-state index in [1.54, 1.807) is 25.1 Å². The van der Waals surface area contributed by atoms with Crippen LogP contribution in [0.2, 0.25) is 5.02 Å². The van der Waals surface area contributed by atoms with Crippen LogP contribution < -0.4 is 14.9 Å². The van der Waals surface area contributed by atoms with Crippen molar-refractivity contribution in [2.24, 2.45) is 5.10 Å². The average molecular weight is 491 g/mol. The van der Waals surface area contributed by atoms with Crippen LogP contribution in [0.4, 0.5) is 17.1 Å². The van der Waals surface area contributed by atoms with Crippen LogP contribution in [0.1, 0.15) is 12.5 Å². The van der Waals surface area contributed by atoms with E-state index in [2.05, 4.69) is 15.2 Å². The Kier molecular flexibility index (Phi) is 7.04. The van der Waals surface area contributed by atoms with Crippen molar-refractivity contribution in [2.75, 3.05) is 17.3 Å². The summed E-state index contributed by atoms with van der Waals surface area (Å²) < 4.78 is 33.1. The summed E-state index contributed by atoms with van der Waals surface area (Å²) in [7, 11) is -2.76. The molecule has 0 unspecified atom stereocenters. The van der Waals surface area contributed by atoms with E-state index >= 15 is 0 Å². The molecule has 10 nitrogen and oxygen atoms in total. The van der Waals surface area contributed by atoms with E-state index in [0.29, 0.717) is 22.0 Å². The van der Waals surface area contributed by atoms with Gasteiger partial charge in [-0.15, -0.1) is 0 Å². The van der Waals surface area contributed by atoms with Crippen molar-refractivity contribution in [1.82, 2.24) is 0 Å². The van der Waals surface area contributed by atoms with Gasteiger partial charge in [0.2, 0.25) is 0 Å². The minimum Gasteiger partial charge on any atom is -0.507 e. The van der Waals surface area contributed by atoms with E-state index in [4.69, 9.17) is 16.3 Å². The van der Waals surface area contributed by atoms with E-state index in [-0.39, 0.29) is 22.0 Å². The summed E-state index contributed by atoms with van der Waals surface area (Å²) in [5.41, 5.74) is 2.81. The van der Waals surface area contributed by atoms with Crippen molar-refractivity contribution < 1.29 is 23.2 Å². The molecule has 33 heavy (non-hydrogen) atoms. The lowest BCUT2D eigenvalue weighted by Crippen LogP contribution is -2.14. The van der Waals surface area contributed by atoms with Crippen LogP contribution in [0.15, 0.2) is 70.7 Å². The molecule has 0 heterocycles. The number of nitro groups is 1. The Labute approximate surface area is 194 Å². The molecule has 0 amide bonds. The molecule has 3 N–H and O–H groups in total. The zero-order chi connectivity index (χ0) is 24.2. The highest BCUT2D eigenvalue weighted by molar-refractivity contribution is 7.92. The van der Waals surface area contributed by atoms with Crippen LogP contribution in [-0.2, 0) is 10.0 Å². The number of sulfonamides is 1. The highest BCUT2D eigenvalue weighted by Crippen LogP contribution is 2.31. The van der Waals surface area contributed by atoms with Crippen LogP contribution in [0.5, 0.6) is 11.5 Å². The van der Waals surface area contributed by atoms with Gasteiger partial charge in [0.05, 0.1) is 28.3 Å². The van der Waals surface area contributed by atoms with E-state index in [0.717, 1.165) is 6.07 Å². The van der Waals surface area contributed by atoms with Gasteiger partial charge in [0.15, 0.2) is 0 Å². The van der Waals surface area contributed by atoms with Gasteiger partial charge in [0, 0.05) is 16.7 Å². The van der Waals surface area contributed by atoms with Gasteiger partial charge in [-0.25, -0.2) is 8.42 Å². The molecule has 0 aliphatic heterocycles. The number of methoxy groups -OCH3 is 1. The number of hydrogen-bond acceptors (Lipinski definition) is 8. The van der Waals surface area contributed by atoms with Gasteiger partial charge in [0.25, 0.3) is 15.7 Å². The summed E-state index contributed by atoms with van der Waals surface area (Å²) >= 11 is 5.94. The van der Waals surface area contributed by atoms with E-state index in [1.165, 1.54) is 43.5 Å². The van der Waals surface area contributed by atoms with Crippen LogP contribution in [-0.4, -0.2) is 31.3 Å². The fourth-order valence-electron chi connectivity index (χ4n) is 2.86. The van der Waals surface area contributed by atoms with Gasteiger partial charge in [0.1, 0.15) is 17.2 Å². The standard InChI is InChI=1S/C21H19ClN4O6S/c1-13(16-11-14(22)7-10-20(16)27)23-24-17-9-8-15(12-19(17)26(28)29)33(30,31)25-18-5-3-4-6-21(18)32-2/h3-12,24-25,27H,1-2H3. The number of aromatic hydroxyl groups is 1. The third-order valence-electron chi connectivity index (χ3n) is 4.52. The number of nitro benzene ring substituents is 1. The fraction of sp³-hybridized carbons (Fsp3) is 0.0952. The maximum Gasteiger partial charge on any atom is 0.295 e. The molecular formula is C21H19ClN4O6S. The average Bonchev–Trinajstić information content (AvgIpc) is 2.79. The number of hydrogen-bond donors (Lipinski definition) is 3. The number of halogens is 1. The topological polar surface area (TPSA) is 143 Å². The van der Waals surface area contributed by atoms with Gasteiger partial charge >= 0.3 is 0 Å². The second-order valence-electron chi connectivity index (χ2n) is 6.71. The minimum absolute atomic E-state index is 0.0443. The molecule has 0 saturated carbocycles. The molecule has 0 atom stereocenters. The SMILES string of the molecule is COc1ccccc1NS(=O)(=O)c1ccc(NN=C(C)c2cc(Cl)ccc2O)c([N+](=O)[O-])c1. The Morgan fingerprint density at radius 1 is 1.12 bits per heavy atom. The second kappa shape index (κ2) is 9.76. The third kappa shape index (κ3) is 5.51. The monoisotopic (exact) mass is 490 g/mol. The number of para-hydroxylation sites is 2. The first kappa shape index (κ1) is 23.8. The van der Waals surface area contributed by atoms with Gasteiger partial charge < -0.3 is 9.84 Å². The summed E-state index contributed by atoms with van der Waals surface area (Å²) in [5, 5.41) is 26.0. The molecule has 0 saturated heterocycles. The summed E-state index contributed by atoms with van der Waals surface area (Å²) in [6.07, 6.45) is 0. The number of rotatable bonds is 8. The number of phenols is 1. The first-order valence-corrected chi connectivity index (χ1v) is 11.2. The lowest BCUT2D eigenvalue weighted by Gasteiger charge is -2.12. The number of benzene rings is 3. The van der Waals surface area contributed by atoms with Crippen molar-refractivity contribution >= 4 is 44.4 Å². The Morgan fingerprint density at radius 2 is 1.85 bits per heavy atom. The lowest BCUT2D eigenvalue weighted by molar-refractivity contribution is -0.384. The van der Waals surface area contributed by atoms with Crippen molar-refractivity contribution in [3.63, 3.8) is 0 Å². The van der Waals surface area contributed by atoms with Crippen LogP contribution in [0.3, 0.4) is 0 Å². The van der Waals surface area contributed by atoms with Crippen molar-refractivity contribution in [1.29, 1.82) is 0 Å². The molecule has 0 spiro atoms. The highest BCUT2D eigenvalue weighted by atomic mass is 35.5. The van der Waals surface area contributed by atoms with Crippen molar-refractivity contribution in [3.8, 4) is 11.5 Å². The Hall–Kier alpha value is -3.83. The maximum absolute atomic E-state index is 12.8. The largest absolute Gasteiger partial charge is 0.507 e. The Bertz CT molecular complexity index is 1340. The van der Waals surface area contributed by atoms with Crippen LogP contribution in [0.25, 0.3) is 0 Å². The molecular weight excluding hydrogens is 472 g/mol. The van der Waals surface area contributed by atoms with Gasteiger partial charge in [-0.05, 0) is 49.4 Å². The molecule has 0 aliphatic carbocycles. The summed E-state index contributed by atoms with van der Waals surface area (Å²) in [4.78, 5) is 10.5. The van der Waals surface area contributed by atoms with E-state index in [9.17, 15) is 23.6 Å². The predicted octanol–water partition coefficient (Wildman–Crippen LogP) is 4.60. The van der Waals surface area contributed by atoms with Crippen LogP contribution in [0, 0.1) is 10.1 Å². The molecule has 0 bridgehead atoms. The lowest BCUT2D eigenvalue weighted by atomic mass is 10.1. The number of nitrogens with one attached hydrogen (secondary N) is 2. The number of anilines is 2. The molecule has 3 rings (SSSR count). The molecule has 0 fully saturated rings. The summed E-state index contributed by atoms with van der Waals surface area (Å²) in [6, 6.07) is 14.1. The molecule has 12 heteroatoms. The normalized spacial score (nSPS) is 11.7. The number of ether oxygens (including phenoxy) is 1. The van der Waals surface area contributed by atoms with Crippen molar-refractivity contribution in [2.45, 2.75) is 11.8 Å². The molecule has 0 aromatic heterocycles. The second-order valence-corrected chi connectivity index (χ2v) is 8.83. The van der Waals surface area contributed by atoms with Crippen LogP contribution >= 0.6 is 11.6 Å². The number of hydrazone groups is 1. The fourth-order valence-corrected chi connectivity index (χ4v) is 4.12. The smallest absolute Gasteiger partial charge is 0.295 e. The van der Waals surface area contributed by atoms with Gasteiger partial charge in [-0.2, -0.15) is 5.10 Å².